The van der Waals surface area contributed by atoms with Crippen LogP contribution in [0.2, 0.25) is 0 Å². The quantitative estimate of drug-likeness (QED) is 0.377. The van der Waals surface area contributed by atoms with E-state index in [4.69, 9.17) is 23.8 Å². The fourth-order valence-electron chi connectivity index (χ4n) is 12.8. The summed E-state index contributed by atoms with van der Waals surface area (Å²) in [6.45, 7) is 16.4. The number of amides is 1. The van der Waals surface area contributed by atoms with Crippen molar-refractivity contribution in [3.05, 3.63) is 0 Å². The smallest absolute Gasteiger partial charge is 0.407 e. The minimum atomic E-state index is -1.26. The molecule has 6 aliphatic rings. The summed E-state index contributed by atoms with van der Waals surface area (Å²) < 4.78 is 18.4. The van der Waals surface area contributed by atoms with E-state index in [1.165, 1.54) is 19.8 Å². The van der Waals surface area contributed by atoms with Gasteiger partial charge in [-0.2, -0.15) is 9.59 Å². The summed E-state index contributed by atoms with van der Waals surface area (Å²) in [6, 6.07) is 0. The number of hydrogen-bond donors (Lipinski definition) is 3. The Morgan fingerprint density at radius 1 is 1.02 bits per heavy atom. The highest BCUT2D eigenvalue weighted by Gasteiger charge is 2.84. The zero-order valence-electron chi connectivity index (χ0n) is 28.6. The van der Waals surface area contributed by atoms with Crippen LogP contribution in [-0.4, -0.2) is 71.6 Å². The lowest BCUT2D eigenvalue weighted by Gasteiger charge is -2.63. The average Bonchev–Trinajstić information content (AvgIpc) is 3.57. The van der Waals surface area contributed by atoms with Crippen molar-refractivity contribution in [3.63, 3.8) is 0 Å². The third kappa shape index (κ3) is 4.67. The van der Waals surface area contributed by atoms with Gasteiger partial charge < -0.3 is 29.7 Å². The Kier molecular flexibility index (Phi) is 8.42. The SMILES string of the molecule is CNC(=O)O[C@H]1CC[C@]23C[C@]24CC[C@]2(C)[C@@H]5C(OC([C@H](OC(C)=O)C(C)(C)O)C[C@H]5C)[C@H](O)[C@@]2(C)C4CC[C@H]3C1(C)C.O=C=O. The van der Waals surface area contributed by atoms with Gasteiger partial charge in [0.05, 0.1) is 23.9 Å². The number of esters is 1. The summed E-state index contributed by atoms with van der Waals surface area (Å²) >= 11 is 0. The van der Waals surface area contributed by atoms with Gasteiger partial charge in [-0.1, -0.05) is 34.6 Å². The van der Waals surface area contributed by atoms with Crippen LogP contribution in [0.4, 0.5) is 4.79 Å². The molecular weight excluding hydrogens is 578 g/mol. The minimum Gasteiger partial charge on any atom is -0.457 e. The van der Waals surface area contributed by atoms with E-state index in [9.17, 15) is 19.8 Å². The first-order valence-corrected chi connectivity index (χ1v) is 16.9. The standard InChI is InChI=1S/C34H55NO7.CO2/c1-18-16-20(27(30(5,6)39)40-19(2)36)41-25-24(18)31(7)14-15-34-17-33(34)13-12-23(42-28(38)35-9)29(3,4)21(33)10-11-22(34)32(31,8)26(25)37;2-1-3/h18,20-27,37,39H,10-17H2,1-9H3,(H,35,38);/t18-,20?,21+,22?,23+,24+,25?,26+,27+,31-,32-,33-,34+;/m1./s1. The molecule has 6 fully saturated rings. The molecule has 254 valence electrons. The maximum atomic E-state index is 12.4. The second kappa shape index (κ2) is 11.0. The van der Waals surface area contributed by atoms with Gasteiger partial charge in [0.2, 0.25) is 0 Å². The number of rotatable bonds is 4. The average molecular weight is 634 g/mol. The van der Waals surface area contributed by atoms with Gasteiger partial charge in [-0.25, -0.2) is 4.79 Å². The number of carbonyl (C=O) groups is 2. The minimum absolute atomic E-state index is 0.0747. The predicted octanol–water partition coefficient (Wildman–Crippen LogP) is 4.64. The fraction of sp³-hybridized carbons (Fsp3) is 0.914. The lowest BCUT2D eigenvalue weighted by Crippen LogP contribution is -2.60. The van der Waals surface area contributed by atoms with Crippen LogP contribution in [0, 0.1) is 50.7 Å². The van der Waals surface area contributed by atoms with Crippen LogP contribution >= 0.6 is 0 Å². The van der Waals surface area contributed by atoms with Crippen LogP contribution in [0.3, 0.4) is 0 Å². The van der Waals surface area contributed by atoms with Crippen molar-refractivity contribution in [1.82, 2.24) is 5.32 Å². The van der Waals surface area contributed by atoms with E-state index in [0.29, 0.717) is 18.3 Å². The van der Waals surface area contributed by atoms with Gasteiger partial charge in [0.1, 0.15) is 6.10 Å². The molecule has 0 aromatic carbocycles. The Bertz CT molecular complexity index is 1220. The van der Waals surface area contributed by atoms with Crippen molar-refractivity contribution in [2.24, 2.45) is 50.7 Å². The third-order valence-corrected chi connectivity index (χ3v) is 14.5. The molecule has 13 atom stereocenters. The van der Waals surface area contributed by atoms with Crippen LogP contribution in [0.1, 0.15) is 107 Å². The lowest BCUT2D eigenvalue weighted by molar-refractivity contribution is -0.216. The molecular formula is C35H55NO9. The number of alkyl carbamates (subject to hydrolysis) is 1. The summed E-state index contributed by atoms with van der Waals surface area (Å²) in [6.07, 6.45) is 5.87. The zero-order chi connectivity index (χ0) is 33.5. The summed E-state index contributed by atoms with van der Waals surface area (Å²) in [5.74, 6) is 0.919. The highest BCUT2D eigenvalue weighted by Crippen LogP contribution is 2.89. The van der Waals surface area contributed by atoms with Gasteiger partial charge in [-0.05, 0) is 105 Å². The van der Waals surface area contributed by atoms with Crippen molar-refractivity contribution in [2.45, 2.75) is 143 Å². The van der Waals surface area contributed by atoms with Gasteiger partial charge in [-0.15, -0.1) is 0 Å². The summed E-state index contributed by atoms with van der Waals surface area (Å²) in [5.41, 5.74) is -1.28. The van der Waals surface area contributed by atoms with Gasteiger partial charge >= 0.3 is 18.2 Å². The topological polar surface area (TPSA) is 148 Å². The third-order valence-electron chi connectivity index (χ3n) is 14.5. The molecule has 45 heavy (non-hydrogen) atoms. The second-order valence-corrected chi connectivity index (χ2v) is 17.0. The molecule has 5 saturated carbocycles. The Morgan fingerprint density at radius 3 is 2.20 bits per heavy atom. The predicted molar refractivity (Wildman–Crippen MR) is 162 cm³/mol. The second-order valence-electron chi connectivity index (χ2n) is 17.0. The molecule has 2 spiro atoms. The van der Waals surface area contributed by atoms with Crippen molar-refractivity contribution in [1.29, 1.82) is 0 Å². The van der Waals surface area contributed by atoms with Crippen LogP contribution in [0.15, 0.2) is 0 Å². The molecule has 3 N–H and O–H groups in total. The van der Waals surface area contributed by atoms with Gasteiger partial charge in [0.25, 0.3) is 0 Å². The molecule has 0 radical (unpaired) electrons. The van der Waals surface area contributed by atoms with E-state index >= 15 is 0 Å². The van der Waals surface area contributed by atoms with Crippen molar-refractivity contribution in [2.75, 3.05) is 7.05 Å². The van der Waals surface area contributed by atoms with E-state index in [0.717, 1.165) is 32.1 Å². The molecule has 1 aliphatic heterocycles. The number of aliphatic hydroxyl groups is 2. The molecule has 0 aromatic heterocycles. The van der Waals surface area contributed by atoms with Crippen LogP contribution in [0.5, 0.6) is 0 Å². The summed E-state index contributed by atoms with van der Waals surface area (Å²) in [7, 11) is 1.62. The summed E-state index contributed by atoms with van der Waals surface area (Å²) in [5, 5.41) is 26.0. The molecule has 0 aromatic rings. The molecule has 0 bridgehead atoms. The Morgan fingerprint density at radius 2 is 1.62 bits per heavy atom. The van der Waals surface area contributed by atoms with E-state index < -0.39 is 29.9 Å². The number of fused-ring (bicyclic) bond motifs is 4. The molecule has 6 rings (SSSR count). The van der Waals surface area contributed by atoms with Crippen LogP contribution < -0.4 is 5.32 Å². The fourth-order valence-corrected chi connectivity index (χ4v) is 12.8. The highest BCUT2D eigenvalue weighted by molar-refractivity contribution is 5.67. The van der Waals surface area contributed by atoms with E-state index in [-0.39, 0.29) is 63.4 Å². The molecule has 5 aliphatic carbocycles. The first kappa shape index (κ1) is 34.3. The lowest BCUT2D eigenvalue weighted by atomic mass is 9.41. The van der Waals surface area contributed by atoms with Crippen molar-refractivity contribution in [3.8, 4) is 0 Å². The first-order valence-electron chi connectivity index (χ1n) is 16.9. The van der Waals surface area contributed by atoms with Crippen LogP contribution in [0.25, 0.3) is 0 Å². The van der Waals surface area contributed by atoms with E-state index in [1.807, 2.05) is 0 Å². The highest BCUT2D eigenvalue weighted by atomic mass is 16.6. The number of aliphatic hydroxyl groups excluding tert-OH is 1. The normalized spacial score (nSPS) is 47.8. The molecule has 10 heteroatoms. The Hall–Kier alpha value is -2.00. The monoisotopic (exact) mass is 633 g/mol. The zero-order valence-corrected chi connectivity index (χ0v) is 28.6. The largest absolute Gasteiger partial charge is 0.457 e. The molecule has 1 saturated heterocycles. The first-order chi connectivity index (χ1) is 20.8. The van der Waals surface area contributed by atoms with Gasteiger partial charge in [0, 0.05) is 24.8 Å². The Labute approximate surface area is 267 Å². The maximum Gasteiger partial charge on any atom is 0.407 e. The number of hydrogen-bond acceptors (Lipinski definition) is 9. The van der Waals surface area contributed by atoms with Gasteiger partial charge in [-0.3, -0.25) is 4.79 Å². The van der Waals surface area contributed by atoms with Crippen molar-refractivity contribution < 1.29 is 43.6 Å². The number of ether oxygens (including phenoxy) is 3. The number of nitrogens with one attached hydrogen (secondary N) is 1. The number of carbonyl (C=O) groups excluding carboxylic acids is 4. The van der Waals surface area contributed by atoms with E-state index in [1.54, 1.807) is 20.9 Å². The van der Waals surface area contributed by atoms with Crippen molar-refractivity contribution >= 4 is 18.2 Å². The molecule has 10 nitrogen and oxygen atoms in total. The van der Waals surface area contributed by atoms with Crippen LogP contribution in [-0.2, 0) is 28.6 Å². The Balaban J connectivity index is 0.00000128. The van der Waals surface area contributed by atoms with E-state index in [2.05, 4.69) is 39.9 Å². The molecule has 1 heterocycles. The van der Waals surface area contributed by atoms with Gasteiger partial charge in [0.15, 0.2) is 6.10 Å². The molecule has 3 unspecified atom stereocenters. The maximum absolute atomic E-state index is 12.4. The molecule has 1 amide bonds. The summed E-state index contributed by atoms with van der Waals surface area (Å²) in [4.78, 5) is 40.4.